The molecule has 1 saturated heterocycles. The standard InChI is InChI=1S/C41H59N3O10/c1-4-43-31(30(18-26-12-16-44-37(42)20-26)41(40(49)50)14-6-5-7-15-41)24-53-36-22-27(21-35(52-3)38(36)48)39-29(13-17-45)33(47)23-28(54-39)10-8-25-9-11-32(46)34(19-25)51-2/h9,11-12,19-22,28-31,33,39,43-48H,4-8,10,13-18,23-24,42H2,1-3H3,(H,49,50). The number of aliphatic carboxylic acids is 1. The SMILES string of the molecule is CCNC(COc1cc(C2OC(CCc3ccc(O)c(OC)c3)CC(O)C2CCO)cc(OC)c1O)C(CC1=CCNC(N)=C1)C1(C(=O)O)CCCCC1. The van der Waals surface area contributed by atoms with Crippen molar-refractivity contribution in [2.75, 3.05) is 40.5 Å². The van der Waals surface area contributed by atoms with Crippen LogP contribution in [0.15, 0.2) is 53.9 Å². The average Bonchev–Trinajstić information content (AvgIpc) is 3.17. The number of phenolic OH excluding ortho intramolecular Hbond substituents is 2. The second kappa shape index (κ2) is 18.9. The Morgan fingerprint density at radius 1 is 1.07 bits per heavy atom. The molecule has 0 spiro atoms. The van der Waals surface area contributed by atoms with Gasteiger partial charge in [-0.05, 0) is 104 Å². The molecule has 5 rings (SSSR count). The zero-order valence-electron chi connectivity index (χ0n) is 31.8. The number of phenols is 2. The molecule has 13 heteroatoms. The maximum atomic E-state index is 13.2. The molecule has 13 nitrogen and oxygen atoms in total. The average molecular weight is 754 g/mol. The van der Waals surface area contributed by atoms with E-state index < -0.39 is 35.6 Å². The maximum absolute atomic E-state index is 13.2. The van der Waals surface area contributed by atoms with Crippen LogP contribution in [0.3, 0.4) is 0 Å². The Kier molecular flexibility index (Phi) is 14.4. The summed E-state index contributed by atoms with van der Waals surface area (Å²) >= 11 is 0. The van der Waals surface area contributed by atoms with Crippen molar-refractivity contribution >= 4 is 5.97 Å². The van der Waals surface area contributed by atoms with Crippen LogP contribution in [0.1, 0.15) is 81.9 Å². The van der Waals surface area contributed by atoms with Crippen molar-refractivity contribution in [2.45, 2.75) is 95.5 Å². The number of benzene rings is 2. The zero-order valence-corrected chi connectivity index (χ0v) is 31.8. The van der Waals surface area contributed by atoms with Gasteiger partial charge in [-0.15, -0.1) is 0 Å². The highest BCUT2D eigenvalue weighted by molar-refractivity contribution is 5.75. The number of carboxylic acid groups (broad SMARTS) is 1. The summed E-state index contributed by atoms with van der Waals surface area (Å²) < 4.78 is 24.0. The number of likely N-dealkylation sites (N-methyl/N-ethyl adjacent to an activating group) is 1. The lowest BCUT2D eigenvalue weighted by Gasteiger charge is -2.44. The fraction of sp³-hybridized carbons (Fsp3) is 0.585. The first kappa shape index (κ1) is 41.0. The van der Waals surface area contributed by atoms with E-state index >= 15 is 0 Å². The van der Waals surface area contributed by atoms with Gasteiger partial charge in [0.05, 0.1) is 43.8 Å². The number of dihydropyridines is 1. The Morgan fingerprint density at radius 3 is 2.48 bits per heavy atom. The number of rotatable bonds is 18. The van der Waals surface area contributed by atoms with Crippen LogP contribution < -0.4 is 30.6 Å². The first-order valence-electron chi connectivity index (χ1n) is 19.2. The molecular formula is C41H59N3O10. The molecule has 6 unspecified atom stereocenters. The predicted molar refractivity (Wildman–Crippen MR) is 204 cm³/mol. The van der Waals surface area contributed by atoms with Crippen LogP contribution in [0, 0.1) is 17.3 Å². The van der Waals surface area contributed by atoms with E-state index in [4.69, 9.17) is 24.7 Å². The van der Waals surface area contributed by atoms with Crippen LogP contribution in [0.5, 0.6) is 28.7 Å². The molecule has 298 valence electrons. The maximum Gasteiger partial charge on any atom is 0.309 e. The number of hydrogen-bond donors (Lipinski definition) is 8. The van der Waals surface area contributed by atoms with Gasteiger partial charge in [-0.25, -0.2) is 0 Å². The van der Waals surface area contributed by atoms with E-state index in [1.165, 1.54) is 14.2 Å². The van der Waals surface area contributed by atoms with Crippen LogP contribution in [0.4, 0.5) is 0 Å². The Labute approximate surface area is 318 Å². The summed E-state index contributed by atoms with van der Waals surface area (Å²) in [4.78, 5) is 13.2. The molecule has 0 amide bonds. The first-order chi connectivity index (χ1) is 26.0. The molecule has 54 heavy (non-hydrogen) atoms. The third kappa shape index (κ3) is 9.55. The monoisotopic (exact) mass is 753 g/mol. The van der Waals surface area contributed by atoms with Crippen molar-refractivity contribution < 1.29 is 49.3 Å². The quantitative estimate of drug-likeness (QED) is 0.104. The van der Waals surface area contributed by atoms with Crippen LogP contribution in [-0.2, 0) is 16.0 Å². The van der Waals surface area contributed by atoms with Gasteiger partial charge < -0.3 is 60.8 Å². The van der Waals surface area contributed by atoms with Crippen molar-refractivity contribution in [1.29, 1.82) is 0 Å². The van der Waals surface area contributed by atoms with E-state index in [0.717, 1.165) is 30.4 Å². The lowest BCUT2D eigenvalue weighted by atomic mass is 9.61. The minimum absolute atomic E-state index is 0.0565. The van der Waals surface area contributed by atoms with Gasteiger partial charge in [-0.2, -0.15) is 0 Å². The highest BCUT2D eigenvalue weighted by Gasteiger charge is 2.49. The lowest BCUT2D eigenvalue weighted by molar-refractivity contribution is -0.157. The number of carboxylic acids is 1. The number of nitrogens with one attached hydrogen (secondary N) is 2. The summed E-state index contributed by atoms with van der Waals surface area (Å²) in [5.74, 6) is -0.527. The number of aromatic hydroxyl groups is 2. The zero-order chi connectivity index (χ0) is 38.8. The number of ether oxygens (including phenoxy) is 4. The highest BCUT2D eigenvalue weighted by Crippen LogP contribution is 2.49. The molecule has 2 aromatic carbocycles. The number of nitrogens with two attached hydrogens (primary N) is 1. The third-order valence-electron chi connectivity index (χ3n) is 11.5. The van der Waals surface area contributed by atoms with Crippen molar-refractivity contribution in [2.24, 2.45) is 23.0 Å². The van der Waals surface area contributed by atoms with Crippen LogP contribution in [-0.4, -0.2) is 90.3 Å². The second-order valence-electron chi connectivity index (χ2n) is 14.8. The minimum atomic E-state index is -0.978. The molecular weight excluding hydrogens is 694 g/mol. The molecule has 3 aliphatic rings. The molecule has 0 bridgehead atoms. The summed E-state index contributed by atoms with van der Waals surface area (Å²) in [5.41, 5.74) is 7.68. The largest absolute Gasteiger partial charge is 0.504 e. The molecule has 2 aromatic rings. The summed E-state index contributed by atoms with van der Waals surface area (Å²) in [5, 5.41) is 60.2. The Hall–Kier alpha value is -4.17. The number of methoxy groups -OCH3 is 2. The number of aryl methyl sites for hydroxylation is 1. The summed E-state index contributed by atoms with van der Waals surface area (Å²) in [6.45, 7) is 3.02. The molecule has 2 fully saturated rings. The van der Waals surface area contributed by atoms with E-state index in [1.807, 2.05) is 25.1 Å². The number of aliphatic hydroxyl groups excluding tert-OH is 2. The molecule has 1 saturated carbocycles. The van der Waals surface area contributed by atoms with Gasteiger partial charge in [0.2, 0.25) is 5.75 Å². The van der Waals surface area contributed by atoms with E-state index in [9.17, 15) is 30.3 Å². The summed E-state index contributed by atoms with van der Waals surface area (Å²) in [6, 6.07) is 8.15. The highest BCUT2D eigenvalue weighted by atomic mass is 16.5. The Morgan fingerprint density at radius 2 is 1.81 bits per heavy atom. The van der Waals surface area contributed by atoms with Gasteiger partial charge in [-0.3, -0.25) is 4.79 Å². The first-order valence-corrected chi connectivity index (χ1v) is 19.2. The van der Waals surface area contributed by atoms with Crippen molar-refractivity contribution in [1.82, 2.24) is 10.6 Å². The van der Waals surface area contributed by atoms with E-state index in [2.05, 4.69) is 10.6 Å². The summed E-state index contributed by atoms with van der Waals surface area (Å²) in [7, 11) is 2.95. The lowest BCUT2D eigenvalue weighted by Crippen LogP contribution is -2.52. The molecule has 9 N–H and O–H groups in total. The van der Waals surface area contributed by atoms with Gasteiger partial charge in [0.1, 0.15) is 6.61 Å². The number of carbonyl (C=O) groups is 1. The number of allylic oxidation sites excluding steroid dienone is 2. The van der Waals surface area contributed by atoms with E-state index in [0.29, 0.717) is 75.2 Å². The predicted octanol–water partition coefficient (Wildman–Crippen LogP) is 4.67. The van der Waals surface area contributed by atoms with Crippen molar-refractivity contribution in [3.63, 3.8) is 0 Å². The van der Waals surface area contributed by atoms with Crippen molar-refractivity contribution in [3.8, 4) is 28.7 Å². The Bertz CT molecular complexity index is 1620. The number of aliphatic hydroxyl groups is 2. The molecule has 6 atom stereocenters. The fourth-order valence-electron chi connectivity index (χ4n) is 8.67. The van der Waals surface area contributed by atoms with Gasteiger partial charge in [0.15, 0.2) is 23.0 Å². The molecule has 0 aromatic heterocycles. The molecule has 2 heterocycles. The van der Waals surface area contributed by atoms with Crippen molar-refractivity contribution in [3.05, 3.63) is 65.0 Å². The third-order valence-corrected chi connectivity index (χ3v) is 11.5. The van der Waals surface area contributed by atoms with E-state index in [-0.39, 0.29) is 48.2 Å². The fourth-order valence-corrected chi connectivity index (χ4v) is 8.67. The molecule has 1 aliphatic carbocycles. The normalized spacial score (nSPS) is 23.6. The van der Waals surface area contributed by atoms with Gasteiger partial charge in [0.25, 0.3) is 0 Å². The smallest absolute Gasteiger partial charge is 0.309 e. The topological polar surface area (TPSA) is 205 Å². The van der Waals surface area contributed by atoms with Gasteiger partial charge in [0, 0.05) is 25.1 Å². The summed E-state index contributed by atoms with van der Waals surface area (Å²) in [6.07, 6.45) is 8.26. The molecule has 2 aliphatic heterocycles. The van der Waals surface area contributed by atoms with E-state index in [1.54, 1.807) is 24.3 Å². The van der Waals surface area contributed by atoms with Gasteiger partial charge in [-0.1, -0.05) is 38.3 Å². The van der Waals surface area contributed by atoms with Crippen LogP contribution >= 0.6 is 0 Å². The van der Waals surface area contributed by atoms with Gasteiger partial charge >= 0.3 is 5.97 Å². The molecule has 0 radical (unpaired) electrons. The minimum Gasteiger partial charge on any atom is -0.504 e. The van der Waals surface area contributed by atoms with Crippen LogP contribution in [0.25, 0.3) is 0 Å². The second-order valence-corrected chi connectivity index (χ2v) is 14.8. The van der Waals surface area contributed by atoms with Crippen LogP contribution in [0.2, 0.25) is 0 Å². The number of hydrogen-bond acceptors (Lipinski definition) is 12. The Balaban J connectivity index is 1.43.